The molecule has 4 heteroatoms. The predicted octanol–water partition coefficient (Wildman–Crippen LogP) is 13.9. The molecular formula is C58H46O4. The number of aromatic hydroxyl groups is 4. The Morgan fingerprint density at radius 1 is 0.242 bits per heavy atom. The molecule has 0 radical (unpaired) electrons. The summed E-state index contributed by atoms with van der Waals surface area (Å²) >= 11 is 0. The molecule has 302 valence electrons. The highest BCUT2D eigenvalue weighted by atomic mass is 16.3. The third-order valence-electron chi connectivity index (χ3n) is 12.7. The Morgan fingerprint density at radius 2 is 0.435 bits per heavy atom. The molecule has 4 N–H and O–H groups in total. The molecule has 0 heterocycles. The third-order valence-corrected chi connectivity index (χ3v) is 12.7. The zero-order valence-electron chi connectivity index (χ0n) is 34.6. The minimum absolute atomic E-state index is 0.191. The average molecular weight is 807 g/mol. The van der Waals surface area contributed by atoms with Gasteiger partial charge in [-0.25, -0.2) is 0 Å². The second-order valence-corrected chi connectivity index (χ2v) is 16.2. The topological polar surface area (TPSA) is 80.9 Å². The van der Waals surface area contributed by atoms with Crippen molar-refractivity contribution in [1.29, 1.82) is 0 Å². The first-order valence-corrected chi connectivity index (χ1v) is 20.8. The van der Waals surface area contributed by atoms with E-state index in [1.807, 2.05) is 146 Å². The fraction of sp³-hybridized carbons (Fsp3) is 0.0690. The van der Waals surface area contributed by atoms with E-state index in [2.05, 4.69) is 62.4 Å². The highest BCUT2D eigenvalue weighted by Crippen LogP contribution is 2.48. The molecule has 0 aliphatic rings. The average Bonchev–Trinajstić information content (AvgIpc) is 3.33. The quantitative estimate of drug-likeness (QED) is 0.104. The molecule has 0 atom stereocenters. The molecule has 9 aromatic rings. The molecule has 0 unspecified atom stereocenters. The Bertz CT molecular complexity index is 2610. The minimum Gasteiger partial charge on any atom is -0.507 e. The van der Waals surface area contributed by atoms with Crippen LogP contribution in [0.4, 0.5) is 0 Å². The van der Waals surface area contributed by atoms with E-state index >= 15 is 0 Å². The van der Waals surface area contributed by atoms with Gasteiger partial charge in [-0.15, -0.1) is 0 Å². The Morgan fingerprint density at radius 3 is 0.645 bits per heavy atom. The molecule has 0 aliphatic heterocycles. The van der Waals surface area contributed by atoms with Crippen LogP contribution in [0.25, 0.3) is 44.5 Å². The van der Waals surface area contributed by atoms with Crippen LogP contribution < -0.4 is 0 Å². The number of benzene rings is 9. The maximum Gasteiger partial charge on any atom is 0.123 e. The lowest BCUT2D eigenvalue weighted by atomic mass is 9.67. The van der Waals surface area contributed by atoms with E-state index in [1.165, 1.54) is 0 Å². The summed E-state index contributed by atoms with van der Waals surface area (Å²) < 4.78 is 0. The van der Waals surface area contributed by atoms with Gasteiger partial charge in [0, 0.05) is 33.1 Å². The summed E-state index contributed by atoms with van der Waals surface area (Å²) in [6.45, 7) is 4.39. The van der Waals surface area contributed by atoms with E-state index < -0.39 is 10.8 Å². The van der Waals surface area contributed by atoms with Crippen LogP contribution in [0.2, 0.25) is 0 Å². The highest BCUT2D eigenvalue weighted by Gasteiger charge is 2.36. The molecule has 0 aromatic heterocycles. The van der Waals surface area contributed by atoms with Crippen LogP contribution in [0.15, 0.2) is 218 Å². The molecule has 9 aromatic carbocycles. The molecule has 0 saturated carbocycles. The van der Waals surface area contributed by atoms with Crippen LogP contribution >= 0.6 is 0 Å². The van der Waals surface area contributed by atoms with Crippen LogP contribution in [-0.4, -0.2) is 20.4 Å². The molecular weight excluding hydrogens is 761 g/mol. The maximum atomic E-state index is 11.2. The van der Waals surface area contributed by atoms with Gasteiger partial charge in [0.05, 0.1) is 0 Å². The van der Waals surface area contributed by atoms with Crippen molar-refractivity contribution in [1.82, 2.24) is 0 Å². The van der Waals surface area contributed by atoms with Crippen LogP contribution in [0, 0.1) is 0 Å². The smallest absolute Gasteiger partial charge is 0.123 e. The van der Waals surface area contributed by atoms with Crippen molar-refractivity contribution in [2.24, 2.45) is 0 Å². The predicted molar refractivity (Wildman–Crippen MR) is 252 cm³/mol. The number of rotatable bonds is 10. The lowest BCUT2D eigenvalue weighted by molar-refractivity contribution is 0.475. The second-order valence-electron chi connectivity index (χ2n) is 16.2. The molecule has 0 bridgehead atoms. The maximum absolute atomic E-state index is 11.2. The van der Waals surface area contributed by atoms with Gasteiger partial charge in [-0.05, 0) is 118 Å². The van der Waals surface area contributed by atoms with E-state index in [0.717, 1.165) is 77.9 Å². The van der Waals surface area contributed by atoms with E-state index in [0.29, 0.717) is 0 Å². The first-order chi connectivity index (χ1) is 30.1. The molecule has 0 saturated heterocycles. The first-order valence-electron chi connectivity index (χ1n) is 20.8. The summed E-state index contributed by atoms with van der Waals surface area (Å²) in [5, 5.41) is 44.9. The Hall–Kier alpha value is -7.82. The normalized spacial score (nSPS) is 11.6. The molecule has 62 heavy (non-hydrogen) atoms. The standard InChI is InChI=1S/C58H46O4/c1-57(45-27-31-53(59)49(35-45)39-15-7-3-8-16-39,46-28-32-54(60)50(36-46)40-17-9-4-10-18-40)43-23-25-44(26-24-43)58(2,47-29-33-55(61)51(37-47)41-19-11-5-12-20-41)48-30-34-56(62)52(38-48)42-21-13-6-14-22-42/h3-38,59-62H,1-2H3. The third kappa shape index (κ3) is 7.16. The van der Waals surface area contributed by atoms with Crippen molar-refractivity contribution in [3.63, 3.8) is 0 Å². The molecule has 0 aliphatic carbocycles. The van der Waals surface area contributed by atoms with Gasteiger partial charge in [0.15, 0.2) is 0 Å². The van der Waals surface area contributed by atoms with Crippen molar-refractivity contribution in [2.45, 2.75) is 24.7 Å². The van der Waals surface area contributed by atoms with Gasteiger partial charge < -0.3 is 20.4 Å². The summed E-state index contributed by atoms with van der Waals surface area (Å²) in [4.78, 5) is 0. The minimum atomic E-state index is -0.762. The molecule has 9 rings (SSSR count). The van der Waals surface area contributed by atoms with Crippen molar-refractivity contribution < 1.29 is 20.4 Å². The Kier molecular flexibility index (Phi) is 10.4. The number of hydrogen-bond acceptors (Lipinski definition) is 4. The summed E-state index contributed by atoms with van der Waals surface area (Å²) in [5.41, 5.74) is 10.9. The first kappa shape index (κ1) is 39.6. The van der Waals surface area contributed by atoms with Gasteiger partial charge in [-0.3, -0.25) is 0 Å². The summed E-state index contributed by atoms with van der Waals surface area (Å²) in [5.74, 6) is 0.765. The van der Waals surface area contributed by atoms with Gasteiger partial charge in [-0.2, -0.15) is 0 Å². The van der Waals surface area contributed by atoms with Gasteiger partial charge >= 0.3 is 0 Å². The Balaban J connectivity index is 1.25. The van der Waals surface area contributed by atoms with E-state index in [1.54, 1.807) is 24.3 Å². The fourth-order valence-corrected chi connectivity index (χ4v) is 8.92. The van der Waals surface area contributed by atoms with Crippen molar-refractivity contribution in [2.75, 3.05) is 0 Å². The van der Waals surface area contributed by atoms with E-state index in [-0.39, 0.29) is 23.0 Å². The van der Waals surface area contributed by atoms with Crippen LogP contribution in [-0.2, 0) is 10.8 Å². The number of hydrogen-bond donors (Lipinski definition) is 4. The molecule has 4 nitrogen and oxygen atoms in total. The van der Waals surface area contributed by atoms with E-state index in [9.17, 15) is 20.4 Å². The second kappa shape index (κ2) is 16.3. The monoisotopic (exact) mass is 806 g/mol. The van der Waals surface area contributed by atoms with Gasteiger partial charge in [0.25, 0.3) is 0 Å². The highest BCUT2D eigenvalue weighted by molar-refractivity contribution is 5.77. The molecule has 0 spiro atoms. The van der Waals surface area contributed by atoms with Gasteiger partial charge in [0.2, 0.25) is 0 Å². The molecule has 0 amide bonds. The Labute approximate surface area is 363 Å². The molecule has 0 fully saturated rings. The van der Waals surface area contributed by atoms with Gasteiger partial charge in [0.1, 0.15) is 23.0 Å². The lowest BCUT2D eigenvalue weighted by Crippen LogP contribution is -2.28. The van der Waals surface area contributed by atoms with Crippen LogP contribution in [0.1, 0.15) is 47.2 Å². The number of phenolic OH excluding ortho intramolecular Hbond substituents is 4. The fourth-order valence-electron chi connectivity index (χ4n) is 8.92. The van der Waals surface area contributed by atoms with Crippen LogP contribution in [0.3, 0.4) is 0 Å². The summed E-state index contributed by atoms with van der Waals surface area (Å²) in [6.07, 6.45) is 0. The van der Waals surface area contributed by atoms with Crippen molar-refractivity contribution >= 4 is 0 Å². The zero-order chi connectivity index (χ0) is 42.8. The number of phenols is 4. The largest absolute Gasteiger partial charge is 0.507 e. The lowest BCUT2D eigenvalue weighted by Gasteiger charge is -2.35. The van der Waals surface area contributed by atoms with Crippen molar-refractivity contribution in [3.8, 4) is 67.5 Å². The van der Waals surface area contributed by atoms with Crippen LogP contribution in [0.5, 0.6) is 23.0 Å². The summed E-state index contributed by atoms with van der Waals surface area (Å²) in [6, 6.07) is 71.6. The zero-order valence-corrected chi connectivity index (χ0v) is 34.6. The summed E-state index contributed by atoms with van der Waals surface area (Å²) in [7, 11) is 0. The van der Waals surface area contributed by atoms with Gasteiger partial charge in [-0.1, -0.05) is 170 Å². The van der Waals surface area contributed by atoms with Crippen molar-refractivity contribution in [3.05, 3.63) is 252 Å². The van der Waals surface area contributed by atoms with E-state index in [4.69, 9.17) is 0 Å². The SMILES string of the molecule is CC(c1ccc(C(C)(c2ccc(O)c(-c3ccccc3)c2)c2ccc(O)c(-c3ccccc3)c2)cc1)(c1ccc(O)c(-c2ccccc2)c1)c1ccc(O)c(-c2ccccc2)c1.